The molecule has 3 N–H and O–H groups in total. The zero-order chi connectivity index (χ0) is 17.4. The molecule has 0 bridgehead atoms. The number of carbonyl (C=O) groups is 1. The molecule has 1 aliphatic heterocycles. The first-order valence-corrected chi connectivity index (χ1v) is 8.64. The summed E-state index contributed by atoms with van der Waals surface area (Å²) in [6.45, 7) is 5.72. The number of methoxy groups -OCH3 is 1. The third kappa shape index (κ3) is 6.47. The van der Waals surface area contributed by atoms with E-state index in [1.807, 2.05) is 19.1 Å². The van der Waals surface area contributed by atoms with Gasteiger partial charge >= 0.3 is 0 Å². The standard InChI is InChI=1S/C18H29N3O3.ClH/c1-3-4-16(19)18(22)20-13-17(21-9-11-24-12-10-21)14-5-7-15(23-2)8-6-14;/h5-8,16-17H,3-4,9-13,19H2,1-2H3,(H,20,22);1H. The van der Waals surface area contributed by atoms with Crippen LogP contribution in [0.1, 0.15) is 31.4 Å². The number of amides is 1. The monoisotopic (exact) mass is 371 g/mol. The van der Waals surface area contributed by atoms with E-state index in [2.05, 4.69) is 22.3 Å². The molecular formula is C18H30ClN3O3. The van der Waals surface area contributed by atoms with E-state index in [1.165, 1.54) is 0 Å². The average Bonchev–Trinajstić information content (AvgIpc) is 2.63. The summed E-state index contributed by atoms with van der Waals surface area (Å²) in [7, 11) is 1.66. The van der Waals surface area contributed by atoms with Gasteiger partial charge in [-0.25, -0.2) is 0 Å². The molecule has 2 atom stereocenters. The Bertz CT molecular complexity index is 507. The molecule has 2 rings (SSSR count). The normalized spacial score (nSPS) is 17.2. The van der Waals surface area contributed by atoms with Gasteiger partial charge in [0.05, 0.1) is 32.4 Å². The van der Waals surface area contributed by atoms with E-state index >= 15 is 0 Å². The topological polar surface area (TPSA) is 76.8 Å². The molecule has 25 heavy (non-hydrogen) atoms. The van der Waals surface area contributed by atoms with E-state index in [9.17, 15) is 4.79 Å². The van der Waals surface area contributed by atoms with Crippen LogP contribution in [0.25, 0.3) is 0 Å². The zero-order valence-corrected chi connectivity index (χ0v) is 15.9. The van der Waals surface area contributed by atoms with Crippen LogP contribution in [0.4, 0.5) is 0 Å². The molecule has 2 unspecified atom stereocenters. The summed E-state index contributed by atoms with van der Waals surface area (Å²) < 4.78 is 10.7. The summed E-state index contributed by atoms with van der Waals surface area (Å²) in [5.74, 6) is 0.747. The van der Waals surface area contributed by atoms with Crippen molar-refractivity contribution in [1.82, 2.24) is 10.2 Å². The molecule has 0 radical (unpaired) electrons. The first kappa shape index (κ1) is 21.7. The summed E-state index contributed by atoms with van der Waals surface area (Å²) in [5.41, 5.74) is 7.06. The Morgan fingerprint density at radius 3 is 2.52 bits per heavy atom. The molecule has 142 valence electrons. The predicted molar refractivity (Wildman–Crippen MR) is 101 cm³/mol. The van der Waals surface area contributed by atoms with Gasteiger partial charge in [0, 0.05) is 19.6 Å². The fourth-order valence-corrected chi connectivity index (χ4v) is 2.94. The highest BCUT2D eigenvalue weighted by molar-refractivity contribution is 5.85. The SMILES string of the molecule is CCCC(N)C(=O)NCC(c1ccc(OC)cc1)N1CCOCC1.Cl. The third-order valence-corrected chi connectivity index (χ3v) is 4.39. The lowest BCUT2D eigenvalue weighted by Crippen LogP contribution is -2.47. The van der Waals surface area contributed by atoms with Gasteiger partial charge in [0.2, 0.25) is 5.91 Å². The second-order valence-electron chi connectivity index (χ2n) is 6.08. The van der Waals surface area contributed by atoms with Gasteiger partial charge in [-0.3, -0.25) is 9.69 Å². The molecule has 1 aliphatic rings. The van der Waals surface area contributed by atoms with E-state index in [4.69, 9.17) is 15.2 Å². The third-order valence-electron chi connectivity index (χ3n) is 4.39. The lowest BCUT2D eigenvalue weighted by molar-refractivity contribution is -0.122. The van der Waals surface area contributed by atoms with E-state index in [0.29, 0.717) is 13.0 Å². The van der Waals surface area contributed by atoms with E-state index in [0.717, 1.165) is 44.0 Å². The van der Waals surface area contributed by atoms with Crippen LogP contribution < -0.4 is 15.8 Å². The second kappa shape index (κ2) is 11.3. The van der Waals surface area contributed by atoms with Crippen molar-refractivity contribution >= 4 is 18.3 Å². The highest BCUT2D eigenvalue weighted by atomic mass is 35.5. The van der Waals surface area contributed by atoms with Gasteiger partial charge in [-0.05, 0) is 24.1 Å². The number of carbonyl (C=O) groups excluding carboxylic acids is 1. The zero-order valence-electron chi connectivity index (χ0n) is 15.1. The van der Waals surface area contributed by atoms with Gasteiger partial charge in [0.25, 0.3) is 0 Å². The smallest absolute Gasteiger partial charge is 0.236 e. The first-order valence-electron chi connectivity index (χ1n) is 8.64. The van der Waals surface area contributed by atoms with Crippen LogP contribution in [0.3, 0.4) is 0 Å². The van der Waals surface area contributed by atoms with E-state index in [-0.39, 0.29) is 24.4 Å². The fraction of sp³-hybridized carbons (Fsp3) is 0.611. The quantitative estimate of drug-likeness (QED) is 0.727. The van der Waals surface area contributed by atoms with Crippen molar-refractivity contribution in [3.05, 3.63) is 29.8 Å². The minimum atomic E-state index is -0.434. The van der Waals surface area contributed by atoms with Crippen molar-refractivity contribution in [3.63, 3.8) is 0 Å². The molecular weight excluding hydrogens is 342 g/mol. The van der Waals surface area contributed by atoms with Crippen LogP contribution in [0.15, 0.2) is 24.3 Å². The summed E-state index contributed by atoms with van der Waals surface area (Å²) in [6, 6.07) is 7.68. The maximum Gasteiger partial charge on any atom is 0.236 e. The Labute approximate surface area is 156 Å². The Morgan fingerprint density at radius 2 is 1.96 bits per heavy atom. The lowest BCUT2D eigenvalue weighted by Gasteiger charge is -2.35. The van der Waals surface area contributed by atoms with Crippen molar-refractivity contribution in [3.8, 4) is 5.75 Å². The first-order chi connectivity index (χ1) is 11.7. The fourth-order valence-electron chi connectivity index (χ4n) is 2.94. The molecule has 7 heteroatoms. The van der Waals surface area contributed by atoms with E-state index in [1.54, 1.807) is 7.11 Å². The summed E-state index contributed by atoms with van der Waals surface area (Å²) in [4.78, 5) is 14.5. The number of rotatable bonds is 8. The van der Waals surface area contributed by atoms with Crippen molar-refractivity contribution in [2.75, 3.05) is 40.0 Å². The van der Waals surface area contributed by atoms with Gasteiger partial charge in [0.1, 0.15) is 5.75 Å². The number of nitrogens with one attached hydrogen (secondary N) is 1. The van der Waals surface area contributed by atoms with Crippen LogP contribution in [0, 0.1) is 0 Å². The van der Waals surface area contributed by atoms with Gasteiger partial charge in [0.15, 0.2) is 0 Å². The molecule has 0 aromatic heterocycles. The molecule has 0 saturated carbocycles. The molecule has 1 aromatic rings. The number of morpholine rings is 1. The van der Waals surface area contributed by atoms with Crippen LogP contribution in [0.5, 0.6) is 5.75 Å². The molecule has 6 nitrogen and oxygen atoms in total. The van der Waals surface area contributed by atoms with Gasteiger partial charge in [-0.15, -0.1) is 12.4 Å². The van der Waals surface area contributed by atoms with E-state index < -0.39 is 6.04 Å². The molecule has 1 fully saturated rings. The summed E-state index contributed by atoms with van der Waals surface area (Å²) in [5, 5.41) is 3.01. The maximum absolute atomic E-state index is 12.2. The average molecular weight is 372 g/mol. The maximum atomic E-state index is 12.2. The molecule has 1 heterocycles. The molecule has 0 aliphatic carbocycles. The number of benzene rings is 1. The van der Waals surface area contributed by atoms with Crippen molar-refractivity contribution in [2.45, 2.75) is 31.8 Å². The van der Waals surface area contributed by atoms with Crippen LogP contribution in [-0.4, -0.2) is 56.8 Å². The van der Waals surface area contributed by atoms with Crippen LogP contribution >= 0.6 is 12.4 Å². The Balaban J connectivity index is 0.00000312. The van der Waals surface area contributed by atoms with Gasteiger partial charge in [-0.2, -0.15) is 0 Å². The molecule has 1 saturated heterocycles. The van der Waals surface area contributed by atoms with Gasteiger partial charge in [-0.1, -0.05) is 25.5 Å². The Morgan fingerprint density at radius 1 is 1.32 bits per heavy atom. The Kier molecular flexibility index (Phi) is 9.82. The number of hydrogen-bond acceptors (Lipinski definition) is 5. The highest BCUT2D eigenvalue weighted by Gasteiger charge is 2.24. The number of hydrogen-bond donors (Lipinski definition) is 2. The molecule has 1 amide bonds. The number of nitrogens with zero attached hydrogens (tertiary/aromatic N) is 1. The van der Waals surface area contributed by atoms with Gasteiger partial charge < -0.3 is 20.5 Å². The van der Waals surface area contributed by atoms with Crippen LogP contribution in [0.2, 0.25) is 0 Å². The Hall–Kier alpha value is -1.34. The molecule has 1 aromatic carbocycles. The minimum absolute atomic E-state index is 0. The summed E-state index contributed by atoms with van der Waals surface area (Å²) in [6.07, 6.45) is 1.61. The van der Waals surface area contributed by atoms with Crippen molar-refractivity contribution < 1.29 is 14.3 Å². The summed E-state index contributed by atoms with van der Waals surface area (Å²) >= 11 is 0. The molecule has 0 spiro atoms. The number of halogens is 1. The number of ether oxygens (including phenoxy) is 2. The van der Waals surface area contributed by atoms with Crippen LogP contribution in [-0.2, 0) is 9.53 Å². The van der Waals surface area contributed by atoms with Crippen molar-refractivity contribution in [1.29, 1.82) is 0 Å². The minimum Gasteiger partial charge on any atom is -0.497 e. The predicted octanol–water partition coefficient (Wildman–Crippen LogP) is 1.73. The number of nitrogens with two attached hydrogens (primary N) is 1. The lowest BCUT2D eigenvalue weighted by atomic mass is 10.0. The second-order valence-corrected chi connectivity index (χ2v) is 6.08. The highest BCUT2D eigenvalue weighted by Crippen LogP contribution is 2.23. The van der Waals surface area contributed by atoms with Crippen molar-refractivity contribution in [2.24, 2.45) is 5.73 Å². The largest absolute Gasteiger partial charge is 0.497 e.